The highest BCUT2D eigenvalue weighted by atomic mass is 29.5. The lowest BCUT2D eigenvalue weighted by molar-refractivity contribution is 1.34. The Hall–Kier alpha value is -0.909. The fourth-order valence-corrected chi connectivity index (χ4v) is 11.1. The molecule has 6 radical (unpaired) electrons. The fraction of sp³-hybridized carbons (Fsp3) is 0.333. The molecule has 21 heavy (non-hydrogen) atoms. The monoisotopic (exact) mass is 322 g/mol. The van der Waals surface area contributed by atoms with E-state index in [1.54, 1.807) is 10.4 Å². The van der Waals surface area contributed by atoms with Crippen molar-refractivity contribution in [3.05, 3.63) is 57.6 Å². The van der Waals surface area contributed by atoms with Crippen LogP contribution in [-0.2, 0) is 0 Å². The van der Waals surface area contributed by atoms with Gasteiger partial charge in [0.15, 0.2) is 0 Å². The topological polar surface area (TPSA) is 0 Å². The van der Waals surface area contributed by atoms with Crippen molar-refractivity contribution >= 4 is 37.0 Å². The van der Waals surface area contributed by atoms with E-state index in [0.717, 1.165) is 8.55 Å². The van der Waals surface area contributed by atoms with Crippen LogP contribution < -0.4 is 10.4 Å². The van der Waals surface area contributed by atoms with Crippen molar-refractivity contribution in [1.82, 2.24) is 0 Å². The van der Waals surface area contributed by atoms with Gasteiger partial charge in [-0.25, -0.2) is 0 Å². The Balaban J connectivity index is 2.66. The van der Waals surface area contributed by atoms with Gasteiger partial charge >= 0.3 is 0 Å². The minimum Gasteiger partial charge on any atom is -0.0565 e. The first kappa shape index (κ1) is 16.5. The molecule has 0 nitrogen and oxygen atoms in total. The first-order valence-corrected chi connectivity index (χ1v) is 12.3. The van der Waals surface area contributed by atoms with Crippen molar-refractivity contribution in [2.45, 2.75) is 41.5 Å². The summed E-state index contributed by atoms with van der Waals surface area (Å²) in [5.74, 6) is 0. The lowest BCUT2D eigenvalue weighted by Gasteiger charge is -2.23. The average molecular weight is 323 g/mol. The van der Waals surface area contributed by atoms with Crippen LogP contribution in [0.25, 0.3) is 0 Å². The zero-order chi connectivity index (χ0) is 15.7. The van der Waals surface area contributed by atoms with E-state index in [-0.39, 0.29) is 0 Å². The molecule has 0 heterocycles. The lowest BCUT2D eigenvalue weighted by atomic mass is 10.1. The van der Waals surface area contributed by atoms with Gasteiger partial charge in [-0.05, 0) is 41.5 Å². The van der Waals surface area contributed by atoms with Crippen LogP contribution in [-0.4, -0.2) is 26.6 Å². The SMILES string of the molecule is Cc1cc(C)c([Si]([Si][Si])c2c(C)cc(C)cc2C)c(C)c1. The first-order chi connectivity index (χ1) is 9.85. The van der Waals surface area contributed by atoms with Crippen molar-refractivity contribution in [1.29, 1.82) is 0 Å². The molecule has 0 amide bonds. The van der Waals surface area contributed by atoms with Gasteiger partial charge in [-0.1, -0.05) is 68.0 Å². The molecule has 0 aromatic heterocycles. The smallest absolute Gasteiger partial charge is 0.0565 e. The molecule has 0 aliphatic heterocycles. The van der Waals surface area contributed by atoms with E-state index in [1.165, 1.54) is 33.4 Å². The molecule has 0 aliphatic rings. The van der Waals surface area contributed by atoms with Gasteiger partial charge in [-0.15, -0.1) is 0 Å². The maximum atomic E-state index is 3.89. The van der Waals surface area contributed by atoms with Crippen molar-refractivity contribution < 1.29 is 0 Å². The van der Waals surface area contributed by atoms with Crippen LogP contribution in [0.15, 0.2) is 24.3 Å². The Bertz CT molecular complexity index is 571. The van der Waals surface area contributed by atoms with E-state index in [2.05, 4.69) is 75.6 Å². The zero-order valence-corrected chi connectivity index (χ0v) is 16.8. The van der Waals surface area contributed by atoms with Crippen LogP contribution in [0.2, 0.25) is 0 Å². The molecule has 0 fully saturated rings. The highest BCUT2D eigenvalue weighted by Gasteiger charge is 2.22. The fourth-order valence-electron chi connectivity index (χ4n) is 3.40. The van der Waals surface area contributed by atoms with Crippen LogP contribution in [0.5, 0.6) is 0 Å². The van der Waals surface area contributed by atoms with Crippen molar-refractivity contribution in [2.24, 2.45) is 0 Å². The third kappa shape index (κ3) is 3.30. The van der Waals surface area contributed by atoms with E-state index in [0.29, 0.717) is 0 Å². The highest BCUT2D eigenvalue weighted by molar-refractivity contribution is 7.40. The van der Waals surface area contributed by atoms with E-state index in [4.69, 9.17) is 0 Å². The molecule has 2 aromatic carbocycles. The molecule has 0 saturated heterocycles. The van der Waals surface area contributed by atoms with Gasteiger partial charge in [0.05, 0.1) is 0 Å². The summed E-state index contributed by atoms with van der Waals surface area (Å²) in [6.45, 7) is 13.5. The minimum atomic E-state index is -0.751. The Morgan fingerprint density at radius 3 is 1.19 bits per heavy atom. The Morgan fingerprint density at radius 1 is 0.667 bits per heavy atom. The molecule has 2 rings (SSSR count). The Kier molecular flexibility index (Phi) is 5.07. The largest absolute Gasteiger partial charge is 0.104 e. The summed E-state index contributed by atoms with van der Waals surface area (Å²) in [5, 5.41) is 3.18. The predicted octanol–water partition coefficient (Wildman–Crippen LogP) is 2.43. The van der Waals surface area contributed by atoms with Gasteiger partial charge in [0.1, 0.15) is 8.31 Å². The number of benzene rings is 2. The summed E-state index contributed by atoms with van der Waals surface area (Å²) in [6, 6.07) is 9.33. The number of hydrogen-bond acceptors (Lipinski definition) is 0. The maximum absolute atomic E-state index is 3.89. The molecule has 0 atom stereocenters. The average Bonchev–Trinajstić information content (AvgIpc) is 2.34. The van der Waals surface area contributed by atoms with Gasteiger partial charge in [0.2, 0.25) is 0 Å². The lowest BCUT2D eigenvalue weighted by Crippen LogP contribution is -2.52. The molecule has 0 N–H and O–H groups in total. The summed E-state index contributed by atoms with van der Waals surface area (Å²) in [7, 11) is 3.93. The van der Waals surface area contributed by atoms with Crippen LogP contribution >= 0.6 is 0 Å². The summed E-state index contributed by atoms with van der Waals surface area (Å²) < 4.78 is 0. The van der Waals surface area contributed by atoms with Crippen LogP contribution in [0.4, 0.5) is 0 Å². The Morgan fingerprint density at radius 2 is 0.952 bits per heavy atom. The highest BCUT2D eigenvalue weighted by Crippen LogP contribution is 2.11. The predicted molar refractivity (Wildman–Crippen MR) is 97.8 cm³/mol. The molecule has 0 unspecified atom stereocenters. The summed E-state index contributed by atoms with van der Waals surface area (Å²) in [4.78, 5) is 0. The molecule has 2 aromatic rings. The first-order valence-electron chi connectivity index (χ1n) is 7.31. The quantitative estimate of drug-likeness (QED) is 0.762. The number of aryl methyl sites for hydroxylation is 6. The van der Waals surface area contributed by atoms with E-state index >= 15 is 0 Å². The van der Waals surface area contributed by atoms with Crippen molar-refractivity contribution in [2.75, 3.05) is 0 Å². The molecule has 3 heteroatoms. The summed E-state index contributed by atoms with van der Waals surface area (Å²) in [6.07, 6.45) is 0. The summed E-state index contributed by atoms with van der Waals surface area (Å²) >= 11 is 0. The molecular weight excluding hydrogens is 300 g/mol. The Labute approximate surface area is 136 Å². The van der Waals surface area contributed by atoms with Crippen molar-refractivity contribution in [3.8, 4) is 0 Å². The molecule has 0 bridgehead atoms. The van der Waals surface area contributed by atoms with Gasteiger partial charge < -0.3 is 0 Å². The standard InChI is InChI=1S/C18H22Si3/c1-11-7-13(3)17(14(4)8-11)21(20-19)18-15(5)9-12(2)10-16(18)6/h7-10H,1-6H3. The second kappa shape index (κ2) is 6.46. The van der Waals surface area contributed by atoms with E-state index in [1.807, 2.05) is 0 Å². The van der Waals surface area contributed by atoms with Crippen LogP contribution in [0, 0.1) is 41.5 Å². The number of rotatable bonds is 3. The molecule has 0 aliphatic carbocycles. The summed E-state index contributed by atoms with van der Waals surface area (Å²) in [5.41, 5.74) is 8.53. The molecule has 0 spiro atoms. The third-order valence-electron chi connectivity index (χ3n) is 3.98. The van der Waals surface area contributed by atoms with Gasteiger partial charge in [-0.2, -0.15) is 0 Å². The minimum absolute atomic E-state index is 0.751. The molecule has 0 saturated carbocycles. The van der Waals surface area contributed by atoms with E-state index < -0.39 is 8.31 Å². The van der Waals surface area contributed by atoms with Crippen LogP contribution in [0.3, 0.4) is 0 Å². The van der Waals surface area contributed by atoms with Gasteiger partial charge in [-0.3, -0.25) is 0 Å². The third-order valence-corrected chi connectivity index (χ3v) is 11.3. The van der Waals surface area contributed by atoms with Gasteiger partial charge in [0, 0.05) is 18.3 Å². The normalized spacial score (nSPS) is 11.2. The van der Waals surface area contributed by atoms with Gasteiger partial charge in [0.25, 0.3) is 0 Å². The molecular formula is C18H22Si3. The molecule has 106 valence electrons. The van der Waals surface area contributed by atoms with Crippen LogP contribution in [0.1, 0.15) is 33.4 Å². The zero-order valence-electron chi connectivity index (χ0n) is 13.8. The van der Waals surface area contributed by atoms with E-state index in [9.17, 15) is 0 Å². The second-order valence-corrected chi connectivity index (χ2v) is 12.5. The second-order valence-electron chi connectivity index (χ2n) is 6.05. The number of hydrogen-bond donors (Lipinski definition) is 0. The van der Waals surface area contributed by atoms with Crippen molar-refractivity contribution in [3.63, 3.8) is 0 Å². The maximum Gasteiger partial charge on any atom is 0.104 e.